The third kappa shape index (κ3) is 3.12. The molecule has 19 heavy (non-hydrogen) atoms. The fourth-order valence-corrected chi connectivity index (χ4v) is 1.33. The molecule has 1 heterocycles. The van der Waals surface area contributed by atoms with Gasteiger partial charge in [0.1, 0.15) is 23.0 Å². The summed E-state index contributed by atoms with van der Waals surface area (Å²) in [6.07, 6.45) is -3.57. The number of nitrogens with zero attached hydrogens (tertiary/aromatic N) is 1. The lowest BCUT2D eigenvalue weighted by atomic mass is 10.3. The summed E-state index contributed by atoms with van der Waals surface area (Å²) in [5.74, 6) is -0.294. The molecule has 0 saturated heterocycles. The molecule has 0 radical (unpaired) electrons. The number of benzene rings is 1. The number of hydrogen-bond acceptors (Lipinski definition) is 3. The van der Waals surface area contributed by atoms with E-state index in [1.807, 2.05) is 0 Å². The number of nitrogen functional groups attached to an aromatic ring is 1. The summed E-state index contributed by atoms with van der Waals surface area (Å²) in [4.78, 5) is 3.23. The number of pyridine rings is 1. The van der Waals surface area contributed by atoms with Crippen LogP contribution in [-0.4, -0.2) is 4.98 Å². The Morgan fingerprint density at radius 3 is 2.26 bits per heavy atom. The Balaban J connectivity index is 2.17. The summed E-state index contributed by atoms with van der Waals surface area (Å²) in [5, 5.41) is 0. The first-order chi connectivity index (χ1) is 8.86. The van der Waals surface area contributed by atoms with Gasteiger partial charge in [0.2, 0.25) is 0 Å². The Labute approximate surface area is 105 Å². The molecule has 0 amide bonds. The average molecular weight is 272 g/mol. The van der Waals surface area contributed by atoms with E-state index in [0.717, 1.165) is 24.4 Å². The molecule has 0 unspecified atom stereocenters. The lowest BCUT2D eigenvalue weighted by Crippen LogP contribution is -2.07. The van der Waals surface area contributed by atoms with E-state index in [1.165, 1.54) is 12.1 Å². The quantitative estimate of drug-likeness (QED) is 0.671. The Hall–Kier alpha value is -2.31. The Morgan fingerprint density at radius 1 is 1.05 bits per heavy atom. The molecule has 2 N–H and O–H groups in total. The molecule has 1 aromatic carbocycles. The van der Waals surface area contributed by atoms with Crippen molar-refractivity contribution in [1.82, 2.24) is 4.98 Å². The predicted molar refractivity (Wildman–Crippen MR) is 60.1 cm³/mol. The van der Waals surface area contributed by atoms with Crippen molar-refractivity contribution in [3.8, 4) is 11.5 Å². The number of hydrogen-bond donors (Lipinski definition) is 1. The number of halogens is 4. The van der Waals surface area contributed by atoms with Gasteiger partial charge in [0.15, 0.2) is 0 Å². The third-order valence-corrected chi connectivity index (χ3v) is 2.23. The van der Waals surface area contributed by atoms with E-state index in [1.54, 1.807) is 0 Å². The molecule has 0 atom stereocenters. The molecule has 7 heteroatoms. The molecule has 0 aliphatic heterocycles. The molecule has 0 aliphatic rings. The summed E-state index contributed by atoms with van der Waals surface area (Å²) in [6, 6.07) is 5.55. The molecule has 0 saturated carbocycles. The standard InChI is InChI=1S/C12H8F4N2O/c13-9-3-1-7(5-10(9)17)19-8-2-4-11(18-6-8)12(14,15)16/h1-6H,17H2. The summed E-state index contributed by atoms with van der Waals surface area (Å²) in [7, 11) is 0. The van der Waals surface area contributed by atoms with Crippen LogP contribution in [0.1, 0.15) is 5.69 Å². The predicted octanol–water partition coefficient (Wildman–Crippen LogP) is 3.61. The van der Waals surface area contributed by atoms with Crippen LogP contribution in [0, 0.1) is 5.82 Å². The largest absolute Gasteiger partial charge is 0.456 e. The van der Waals surface area contributed by atoms with E-state index in [2.05, 4.69) is 4.98 Å². The number of rotatable bonds is 2. The molecule has 2 aromatic rings. The number of ether oxygens (including phenoxy) is 1. The number of anilines is 1. The maximum Gasteiger partial charge on any atom is 0.433 e. The van der Waals surface area contributed by atoms with Crippen molar-refractivity contribution in [2.45, 2.75) is 6.18 Å². The average Bonchev–Trinajstić information content (AvgIpc) is 2.33. The van der Waals surface area contributed by atoms with Crippen molar-refractivity contribution in [1.29, 1.82) is 0 Å². The molecule has 0 bridgehead atoms. The molecular formula is C12H8F4N2O. The summed E-state index contributed by atoms with van der Waals surface area (Å²) in [5.41, 5.74) is 4.21. The van der Waals surface area contributed by atoms with E-state index in [9.17, 15) is 17.6 Å². The lowest BCUT2D eigenvalue weighted by Gasteiger charge is -2.08. The first-order valence-corrected chi connectivity index (χ1v) is 5.12. The van der Waals surface area contributed by atoms with Gasteiger partial charge >= 0.3 is 6.18 Å². The molecule has 0 spiro atoms. The fourth-order valence-electron chi connectivity index (χ4n) is 1.33. The highest BCUT2D eigenvalue weighted by Gasteiger charge is 2.32. The Kier molecular flexibility index (Phi) is 3.28. The topological polar surface area (TPSA) is 48.1 Å². The van der Waals surface area contributed by atoms with Crippen molar-refractivity contribution < 1.29 is 22.3 Å². The van der Waals surface area contributed by atoms with Gasteiger partial charge in [-0.3, -0.25) is 0 Å². The SMILES string of the molecule is Nc1cc(Oc2ccc(C(F)(F)F)nc2)ccc1F. The minimum atomic E-state index is -4.50. The highest BCUT2D eigenvalue weighted by Crippen LogP contribution is 2.29. The van der Waals surface area contributed by atoms with Crippen LogP contribution in [0.25, 0.3) is 0 Å². The highest BCUT2D eigenvalue weighted by atomic mass is 19.4. The second-order valence-electron chi connectivity index (χ2n) is 3.66. The Bertz CT molecular complexity index is 581. The molecule has 100 valence electrons. The maximum atomic E-state index is 12.9. The first kappa shape index (κ1) is 13.1. The number of nitrogens with two attached hydrogens (primary N) is 1. The van der Waals surface area contributed by atoms with Crippen LogP contribution in [0.4, 0.5) is 23.2 Å². The van der Waals surface area contributed by atoms with Gasteiger partial charge in [-0.1, -0.05) is 0 Å². The van der Waals surface area contributed by atoms with E-state index in [4.69, 9.17) is 10.5 Å². The monoisotopic (exact) mass is 272 g/mol. The second kappa shape index (κ2) is 4.75. The van der Waals surface area contributed by atoms with Gasteiger partial charge in [0.25, 0.3) is 0 Å². The maximum absolute atomic E-state index is 12.9. The molecule has 3 nitrogen and oxygen atoms in total. The summed E-state index contributed by atoms with van der Waals surface area (Å²) >= 11 is 0. The van der Waals surface area contributed by atoms with E-state index >= 15 is 0 Å². The van der Waals surface area contributed by atoms with Gasteiger partial charge in [-0.25, -0.2) is 9.37 Å². The van der Waals surface area contributed by atoms with E-state index in [0.29, 0.717) is 0 Å². The van der Waals surface area contributed by atoms with Crippen LogP contribution >= 0.6 is 0 Å². The summed E-state index contributed by atoms with van der Waals surface area (Å²) in [6.45, 7) is 0. The van der Waals surface area contributed by atoms with E-state index < -0.39 is 17.7 Å². The van der Waals surface area contributed by atoms with Gasteiger partial charge in [0, 0.05) is 6.07 Å². The van der Waals surface area contributed by atoms with Crippen molar-refractivity contribution in [2.75, 3.05) is 5.73 Å². The van der Waals surface area contributed by atoms with Crippen molar-refractivity contribution >= 4 is 5.69 Å². The van der Waals surface area contributed by atoms with Crippen molar-refractivity contribution in [3.05, 3.63) is 48.0 Å². The molecule has 0 fully saturated rings. The number of alkyl halides is 3. The normalized spacial score (nSPS) is 11.4. The van der Waals surface area contributed by atoms with Gasteiger partial charge in [-0.05, 0) is 24.3 Å². The zero-order valence-electron chi connectivity index (χ0n) is 9.41. The fraction of sp³-hybridized carbons (Fsp3) is 0.0833. The van der Waals surface area contributed by atoms with Crippen LogP contribution in [0.2, 0.25) is 0 Å². The van der Waals surface area contributed by atoms with Crippen LogP contribution in [0.5, 0.6) is 11.5 Å². The minimum Gasteiger partial charge on any atom is -0.456 e. The van der Waals surface area contributed by atoms with Crippen LogP contribution in [-0.2, 0) is 6.18 Å². The first-order valence-electron chi connectivity index (χ1n) is 5.12. The molecular weight excluding hydrogens is 264 g/mol. The van der Waals surface area contributed by atoms with Crippen LogP contribution in [0.15, 0.2) is 36.5 Å². The Morgan fingerprint density at radius 2 is 1.74 bits per heavy atom. The second-order valence-corrected chi connectivity index (χ2v) is 3.66. The van der Waals surface area contributed by atoms with Crippen LogP contribution < -0.4 is 10.5 Å². The lowest BCUT2D eigenvalue weighted by molar-refractivity contribution is -0.141. The number of aromatic nitrogens is 1. The van der Waals surface area contributed by atoms with E-state index in [-0.39, 0.29) is 17.2 Å². The van der Waals surface area contributed by atoms with Gasteiger partial charge in [-0.2, -0.15) is 13.2 Å². The van der Waals surface area contributed by atoms with Crippen molar-refractivity contribution in [2.24, 2.45) is 0 Å². The third-order valence-electron chi connectivity index (χ3n) is 2.23. The smallest absolute Gasteiger partial charge is 0.433 e. The summed E-state index contributed by atoms with van der Waals surface area (Å²) < 4.78 is 55.0. The minimum absolute atomic E-state index is 0.0963. The molecule has 1 aromatic heterocycles. The van der Waals surface area contributed by atoms with Gasteiger partial charge in [-0.15, -0.1) is 0 Å². The molecule has 2 rings (SSSR count). The van der Waals surface area contributed by atoms with Crippen LogP contribution in [0.3, 0.4) is 0 Å². The zero-order valence-corrected chi connectivity index (χ0v) is 9.41. The molecule has 0 aliphatic carbocycles. The zero-order chi connectivity index (χ0) is 14.0. The van der Waals surface area contributed by atoms with Gasteiger partial charge < -0.3 is 10.5 Å². The van der Waals surface area contributed by atoms with Crippen molar-refractivity contribution in [3.63, 3.8) is 0 Å². The highest BCUT2D eigenvalue weighted by molar-refractivity contribution is 5.46. The van der Waals surface area contributed by atoms with Gasteiger partial charge in [0.05, 0.1) is 11.9 Å².